The second-order valence-electron chi connectivity index (χ2n) is 4.20. The quantitative estimate of drug-likeness (QED) is 0.903. The molecular weight excluding hydrogens is 317 g/mol. The zero-order valence-electron chi connectivity index (χ0n) is 10.7. The molecule has 1 unspecified atom stereocenters. The molecule has 0 saturated heterocycles. The van der Waals surface area contributed by atoms with Gasteiger partial charge in [0.05, 0.1) is 16.1 Å². The van der Waals surface area contributed by atoms with E-state index >= 15 is 0 Å². The number of carbonyl (C=O) groups excluding carboxylic acids is 1. The molecule has 0 spiro atoms. The number of amides is 1. The van der Waals surface area contributed by atoms with E-state index in [0.29, 0.717) is 22.3 Å². The Labute approximate surface area is 130 Å². The van der Waals surface area contributed by atoms with Crippen molar-refractivity contribution in [2.45, 2.75) is 19.5 Å². The molecule has 1 atom stereocenters. The largest absolute Gasteiger partial charge is 0.344 e. The molecule has 0 aliphatic carbocycles. The summed E-state index contributed by atoms with van der Waals surface area (Å²) in [6.07, 6.45) is 0. The average molecular weight is 330 g/mol. The van der Waals surface area contributed by atoms with Gasteiger partial charge in [0.25, 0.3) is 5.91 Å². The van der Waals surface area contributed by atoms with Gasteiger partial charge >= 0.3 is 0 Å². The molecule has 2 aromatic rings. The van der Waals surface area contributed by atoms with Crippen LogP contribution in [0.4, 0.5) is 0 Å². The Morgan fingerprint density at radius 1 is 1.45 bits per heavy atom. The molecule has 0 aliphatic rings. The van der Waals surface area contributed by atoms with E-state index in [9.17, 15) is 4.79 Å². The Morgan fingerprint density at radius 2 is 2.20 bits per heavy atom. The van der Waals surface area contributed by atoms with Crippen molar-refractivity contribution in [1.82, 2.24) is 10.3 Å². The van der Waals surface area contributed by atoms with Crippen LogP contribution in [-0.2, 0) is 6.54 Å². The number of hydrogen-bond donors (Lipinski definition) is 2. The third kappa shape index (κ3) is 3.49. The van der Waals surface area contributed by atoms with E-state index in [1.165, 1.54) is 11.3 Å². The molecule has 1 aromatic heterocycles. The Bertz CT molecular complexity index is 630. The van der Waals surface area contributed by atoms with Crippen LogP contribution in [0.25, 0.3) is 0 Å². The van der Waals surface area contributed by atoms with Gasteiger partial charge in [0, 0.05) is 11.9 Å². The first kappa shape index (κ1) is 15.3. The number of benzene rings is 1. The summed E-state index contributed by atoms with van der Waals surface area (Å²) in [6.45, 7) is 2.20. The van der Waals surface area contributed by atoms with Crippen molar-refractivity contribution in [2.75, 3.05) is 0 Å². The third-order valence-electron chi connectivity index (χ3n) is 2.75. The fourth-order valence-electron chi connectivity index (χ4n) is 1.64. The number of nitrogens with zero attached hydrogens (tertiary/aromatic N) is 1. The summed E-state index contributed by atoms with van der Waals surface area (Å²) in [4.78, 5) is 16.2. The van der Waals surface area contributed by atoms with Crippen LogP contribution in [0.5, 0.6) is 0 Å². The van der Waals surface area contributed by atoms with Gasteiger partial charge in [-0.05, 0) is 24.6 Å². The Hall–Kier alpha value is -1.14. The number of nitrogens with one attached hydrogen (secondary N) is 1. The minimum Gasteiger partial charge on any atom is -0.344 e. The zero-order valence-corrected chi connectivity index (χ0v) is 13.0. The second-order valence-corrected chi connectivity index (χ2v) is 5.96. The van der Waals surface area contributed by atoms with E-state index in [0.717, 1.165) is 10.6 Å². The van der Waals surface area contributed by atoms with Crippen LogP contribution in [0.3, 0.4) is 0 Å². The summed E-state index contributed by atoms with van der Waals surface area (Å²) in [5, 5.41) is 6.24. The molecule has 0 aliphatic heterocycles. The van der Waals surface area contributed by atoms with Crippen LogP contribution in [-0.4, -0.2) is 10.9 Å². The number of halogens is 2. The molecule has 3 N–H and O–H groups in total. The maximum Gasteiger partial charge on any atom is 0.271 e. The number of carbonyl (C=O) groups is 1. The molecule has 20 heavy (non-hydrogen) atoms. The van der Waals surface area contributed by atoms with Crippen molar-refractivity contribution in [3.05, 3.63) is 49.9 Å². The first-order valence-corrected chi connectivity index (χ1v) is 7.55. The molecule has 1 aromatic carbocycles. The summed E-state index contributed by atoms with van der Waals surface area (Å²) in [5.41, 5.74) is 6.73. The van der Waals surface area contributed by atoms with Crippen molar-refractivity contribution < 1.29 is 4.79 Å². The maximum atomic E-state index is 12.0. The van der Waals surface area contributed by atoms with Gasteiger partial charge in [-0.2, -0.15) is 0 Å². The Kier molecular flexibility index (Phi) is 4.99. The van der Waals surface area contributed by atoms with Gasteiger partial charge in [-0.1, -0.05) is 29.3 Å². The minimum absolute atomic E-state index is 0.194. The number of thiazole rings is 1. The normalized spacial score (nSPS) is 12.2. The Morgan fingerprint density at radius 3 is 2.80 bits per heavy atom. The van der Waals surface area contributed by atoms with Crippen LogP contribution >= 0.6 is 34.5 Å². The first-order chi connectivity index (χ1) is 9.51. The van der Waals surface area contributed by atoms with Crippen LogP contribution in [0.1, 0.15) is 34.0 Å². The monoisotopic (exact) mass is 329 g/mol. The molecule has 2 rings (SSSR count). The summed E-state index contributed by atoms with van der Waals surface area (Å²) < 4.78 is 0. The Balaban J connectivity index is 2.08. The summed E-state index contributed by atoms with van der Waals surface area (Å²) in [6, 6.07) is 5.07. The van der Waals surface area contributed by atoms with Crippen molar-refractivity contribution in [2.24, 2.45) is 5.73 Å². The van der Waals surface area contributed by atoms with Crippen LogP contribution < -0.4 is 11.1 Å². The lowest BCUT2D eigenvalue weighted by Crippen LogP contribution is -2.27. The SMILES string of the molecule is CC(NC(=O)c1csc(CN)n1)c1ccc(Cl)c(Cl)c1. The number of nitrogens with two attached hydrogens (primary N) is 1. The van der Waals surface area contributed by atoms with Crippen molar-refractivity contribution in [3.63, 3.8) is 0 Å². The molecule has 0 fully saturated rings. The van der Waals surface area contributed by atoms with Gasteiger partial charge in [0.15, 0.2) is 0 Å². The lowest BCUT2D eigenvalue weighted by molar-refractivity contribution is 0.0935. The minimum atomic E-state index is -0.237. The standard InChI is InChI=1S/C13H13Cl2N3OS/c1-7(8-2-3-9(14)10(15)4-8)17-13(19)11-6-20-12(5-16)18-11/h2-4,6-7H,5,16H2,1H3,(H,17,19). The number of aromatic nitrogens is 1. The van der Waals surface area contributed by atoms with E-state index in [-0.39, 0.29) is 11.9 Å². The van der Waals surface area contributed by atoms with Gasteiger partial charge in [-0.25, -0.2) is 4.98 Å². The van der Waals surface area contributed by atoms with Crippen LogP contribution in [0, 0.1) is 0 Å². The molecule has 1 amide bonds. The van der Waals surface area contributed by atoms with Crippen molar-refractivity contribution in [3.8, 4) is 0 Å². The van der Waals surface area contributed by atoms with Crippen LogP contribution in [0.15, 0.2) is 23.6 Å². The molecule has 7 heteroatoms. The van der Waals surface area contributed by atoms with Crippen molar-refractivity contribution >= 4 is 40.4 Å². The molecule has 1 heterocycles. The molecule has 0 radical (unpaired) electrons. The zero-order chi connectivity index (χ0) is 14.7. The molecular formula is C13H13Cl2N3OS. The van der Waals surface area contributed by atoms with Gasteiger partial charge in [0.2, 0.25) is 0 Å². The highest BCUT2D eigenvalue weighted by Crippen LogP contribution is 2.25. The lowest BCUT2D eigenvalue weighted by Gasteiger charge is -2.14. The second kappa shape index (κ2) is 6.54. The van der Waals surface area contributed by atoms with E-state index < -0.39 is 0 Å². The average Bonchev–Trinajstić information content (AvgIpc) is 2.90. The molecule has 0 bridgehead atoms. The number of rotatable bonds is 4. The van der Waals surface area contributed by atoms with Gasteiger partial charge in [-0.3, -0.25) is 4.79 Å². The van der Waals surface area contributed by atoms with E-state index in [4.69, 9.17) is 28.9 Å². The summed E-state index contributed by atoms with van der Waals surface area (Å²) >= 11 is 13.2. The summed E-state index contributed by atoms with van der Waals surface area (Å²) in [7, 11) is 0. The first-order valence-electron chi connectivity index (χ1n) is 5.91. The highest BCUT2D eigenvalue weighted by Gasteiger charge is 2.15. The fraction of sp³-hybridized carbons (Fsp3) is 0.231. The predicted molar refractivity (Wildman–Crippen MR) is 82.3 cm³/mol. The third-order valence-corrected chi connectivity index (χ3v) is 4.36. The van der Waals surface area contributed by atoms with E-state index in [2.05, 4.69) is 10.3 Å². The highest BCUT2D eigenvalue weighted by molar-refractivity contribution is 7.09. The molecule has 4 nitrogen and oxygen atoms in total. The number of hydrogen-bond acceptors (Lipinski definition) is 4. The highest BCUT2D eigenvalue weighted by atomic mass is 35.5. The topological polar surface area (TPSA) is 68.0 Å². The lowest BCUT2D eigenvalue weighted by atomic mass is 10.1. The molecule has 106 valence electrons. The van der Waals surface area contributed by atoms with Gasteiger partial charge in [-0.15, -0.1) is 11.3 Å². The fourth-order valence-corrected chi connectivity index (χ4v) is 2.61. The van der Waals surface area contributed by atoms with Crippen molar-refractivity contribution in [1.29, 1.82) is 0 Å². The molecule has 0 saturated carbocycles. The maximum absolute atomic E-state index is 12.0. The van der Waals surface area contributed by atoms with E-state index in [1.54, 1.807) is 17.5 Å². The van der Waals surface area contributed by atoms with Crippen LogP contribution in [0.2, 0.25) is 10.0 Å². The van der Waals surface area contributed by atoms with E-state index in [1.807, 2.05) is 13.0 Å². The van der Waals surface area contributed by atoms with Gasteiger partial charge < -0.3 is 11.1 Å². The smallest absolute Gasteiger partial charge is 0.271 e. The van der Waals surface area contributed by atoms with Gasteiger partial charge in [0.1, 0.15) is 10.7 Å². The summed E-state index contributed by atoms with van der Waals surface area (Å²) in [5.74, 6) is -0.237. The predicted octanol–water partition coefficient (Wildman–Crippen LogP) is 3.40.